The molecule has 0 unspecified atom stereocenters. The molecule has 0 aliphatic rings. The second kappa shape index (κ2) is 9.14. The van der Waals surface area contributed by atoms with Crippen LogP contribution in [0.15, 0.2) is 42.6 Å². The van der Waals surface area contributed by atoms with Crippen molar-refractivity contribution in [2.75, 3.05) is 7.05 Å². The normalized spacial score (nSPS) is 11.2. The Labute approximate surface area is 195 Å². The van der Waals surface area contributed by atoms with Crippen molar-refractivity contribution in [2.24, 2.45) is 0 Å². The van der Waals surface area contributed by atoms with E-state index in [-0.39, 0.29) is 5.91 Å². The first-order valence-electron chi connectivity index (χ1n) is 11.5. The Hall–Kier alpha value is -3.54. The number of rotatable bonds is 6. The molecule has 0 saturated carbocycles. The molecule has 0 spiro atoms. The minimum atomic E-state index is -0.0419. The van der Waals surface area contributed by atoms with Crippen LogP contribution in [-0.4, -0.2) is 37.6 Å². The van der Waals surface area contributed by atoms with E-state index in [2.05, 4.69) is 25.0 Å². The summed E-state index contributed by atoms with van der Waals surface area (Å²) in [7, 11) is 1.84. The minimum absolute atomic E-state index is 0.0419. The molecule has 1 amide bonds. The molecule has 0 radical (unpaired) electrons. The van der Waals surface area contributed by atoms with Crippen LogP contribution in [0.4, 0.5) is 0 Å². The fourth-order valence-corrected chi connectivity index (χ4v) is 4.25. The monoisotopic (exact) mass is 441 g/mol. The second-order valence-corrected chi connectivity index (χ2v) is 8.60. The molecule has 0 saturated heterocycles. The Balaban J connectivity index is 1.77. The van der Waals surface area contributed by atoms with Crippen molar-refractivity contribution >= 4 is 16.8 Å². The molecule has 33 heavy (non-hydrogen) atoms. The van der Waals surface area contributed by atoms with Gasteiger partial charge in [-0.25, -0.2) is 4.98 Å². The molecule has 3 aromatic heterocycles. The first-order valence-corrected chi connectivity index (χ1v) is 11.5. The van der Waals surface area contributed by atoms with Gasteiger partial charge in [-0.1, -0.05) is 24.6 Å². The highest BCUT2D eigenvalue weighted by molar-refractivity contribution is 6.07. The predicted octanol–water partition coefficient (Wildman–Crippen LogP) is 5.27. The number of aryl methyl sites for hydroxylation is 4. The Morgan fingerprint density at radius 1 is 0.970 bits per heavy atom. The lowest BCUT2D eigenvalue weighted by Crippen LogP contribution is -2.27. The van der Waals surface area contributed by atoms with Gasteiger partial charge in [0.05, 0.1) is 28.7 Å². The van der Waals surface area contributed by atoms with Gasteiger partial charge in [-0.15, -0.1) is 0 Å². The molecular weight excluding hydrogens is 410 g/mol. The molecule has 0 N–H and O–H groups in total. The second-order valence-electron chi connectivity index (χ2n) is 8.60. The van der Waals surface area contributed by atoms with E-state index in [9.17, 15) is 4.79 Å². The van der Waals surface area contributed by atoms with Gasteiger partial charge in [-0.3, -0.25) is 14.5 Å². The summed E-state index contributed by atoms with van der Waals surface area (Å²) >= 11 is 0. The van der Waals surface area contributed by atoms with Crippen molar-refractivity contribution in [3.05, 3.63) is 76.2 Å². The van der Waals surface area contributed by atoms with Crippen molar-refractivity contribution in [1.29, 1.82) is 0 Å². The molecule has 0 aliphatic carbocycles. The zero-order chi connectivity index (χ0) is 23.7. The summed E-state index contributed by atoms with van der Waals surface area (Å²) in [4.78, 5) is 25.0. The SMILES string of the molecule is CCc1ccc(-c2cc(C(=O)N(C)Cc3cnn(CC)c3C)c3cc(C)ccc3n2)nc1C. The minimum Gasteiger partial charge on any atom is -0.337 e. The number of benzene rings is 1. The average Bonchev–Trinajstić information content (AvgIpc) is 3.16. The molecule has 3 heterocycles. The van der Waals surface area contributed by atoms with Crippen LogP contribution >= 0.6 is 0 Å². The lowest BCUT2D eigenvalue weighted by atomic mass is 10.0. The van der Waals surface area contributed by atoms with Gasteiger partial charge in [-0.05, 0) is 63.9 Å². The maximum Gasteiger partial charge on any atom is 0.254 e. The molecule has 1 aromatic carbocycles. The molecular formula is C27H31N5O. The fraction of sp³-hybridized carbons (Fsp3) is 0.333. The van der Waals surface area contributed by atoms with Crippen molar-refractivity contribution in [2.45, 2.75) is 54.1 Å². The average molecular weight is 442 g/mol. The first-order chi connectivity index (χ1) is 15.8. The zero-order valence-electron chi connectivity index (χ0n) is 20.3. The fourth-order valence-electron chi connectivity index (χ4n) is 4.25. The summed E-state index contributed by atoms with van der Waals surface area (Å²) in [5.74, 6) is -0.0419. The van der Waals surface area contributed by atoms with Crippen LogP contribution < -0.4 is 0 Å². The third kappa shape index (κ3) is 4.38. The standard InChI is InChI=1S/C27H31N5O/c1-7-20-10-12-25(29-18(20)4)26-14-23(22-13-17(3)9-11-24(22)30-26)27(33)31(6)16-21-15-28-32(8-2)19(21)5/h9-15H,7-8,16H2,1-6H3. The molecule has 6 nitrogen and oxygen atoms in total. The number of fused-ring (bicyclic) bond motifs is 1. The van der Waals surface area contributed by atoms with Crippen LogP contribution in [0.1, 0.15) is 52.3 Å². The van der Waals surface area contributed by atoms with Crippen LogP contribution in [0.25, 0.3) is 22.3 Å². The number of carbonyl (C=O) groups excluding carboxylic acids is 1. The summed E-state index contributed by atoms with van der Waals surface area (Å²) < 4.78 is 1.95. The Kier molecular flexibility index (Phi) is 6.27. The van der Waals surface area contributed by atoms with Crippen LogP contribution in [0.2, 0.25) is 0 Å². The number of pyridine rings is 2. The lowest BCUT2D eigenvalue weighted by Gasteiger charge is -2.19. The quantitative estimate of drug-likeness (QED) is 0.409. The van der Waals surface area contributed by atoms with E-state index in [1.54, 1.807) is 4.90 Å². The molecule has 0 atom stereocenters. The van der Waals surface area contributed by atoms with Gasteiger partial charge < -0.3 is 4.90 Å². The van der Waals surface area contributed by atoms with E-state index in [0.717, 1.165) is 52.1 Å². The van der Waals surface area contributed by atoms with Crippen LogP contribution in [0.5, 0.6) is 0 Å². The van der Waals surface area contributed by atoms with Crippen LogP contribution in [0, 0.1) is 20.8 Å². The summed E-state index contributed by atoms with van der Waals surface area (Å²) in [6, 6.07) is 12.0. The van der Waals surface area contributed by atoms with Gasteiger partial charge in [0, 0.05) is 42.5 Å². The maximum atomic E-state index is 13.7. The largest absolute Gasteiger partial charge is 0.337 e. The molecule has 0 bridgehead atoms. The number of aromatic nitrogens is 4. The first kappa shape index (κ1) is 22.6. The highest BCUT2D eigenvalue weighted by Gasteiger charge is 2.20. The highest BCUT2D eigenvalue weighted by atomic mass is 16.2. The number of nitrogens with zero attached hydrogens (tertiary/aromatic N) is 5. The van der Waals surface area contributed by atoms with Gasteiger partial charge in [-0.2, -0.15) is 5.10 Å². The van der Waals surface area contributed by atoms with Crippen LogP contribution in [0.3, 0.4) is 0 Å². The topological polar surface area (TPSA) is 63.9 Å². The molecule has 4 rings (SSSR count). The number of carbonyl (C=O) groups is 1. The Morgan fingerprint density at radius 3 is 2.42 bits per heavy atom. The van der Waals surface area contributed by atoms with E-state index < -0.39 is 0 Å². The molecule has 4 aromatic rings. The number of hydrogen-bond donors (Lipinski definition) is 0. The predicted molar refractivity (Wildman–Crippen MR) is 132 cm³/mol. The van der Waals surface area contributed by atoms with Gasteiger partial charge in [0.2, 0.25) is 0 Å². The number of hydrogen-bond acceptors (Lipinski definition) is 4. The number of amides is 1. The maximum absolute atomic E-state index is 13.7. The molecule has 6 heteroatoms. The molecule has 170 valence electrons. The van der Waals surface area contributed by atoms with Crippen molar-refractivity contribution in [3.8, 4) is 11.4 Å². The summed E-state index contributed by atoms with van der Waals surface area (Å²) in [6.45, 7) is 11.6. The van der Waals surface area contributed by atoms with Crippen molar-refractivity contribution in [1.82, 2.24) is 24.6 Å². The van der Waals surface area contributed by atoms with Crippen molar-refractivity contribution < 1.29 is 4.79 Å². The van der Waals surface area contributed by atoms with E-state index in [4.69, 9.17) is 9.97 Å². The molecule has 0 fully saturated rings. The van der Waals surface area contributed by atoms with E-state index >= 15 is 0 Å². The van der Waals surface area contributed by atoms with Crippen molar-refractivity contribution in [3.63, 3.8) is 0 Å². The van der Waals surface area contributed by atoms with E-state index in [1.165, 1.54) is 5.56 Å². The Morgan fingerprint density at radius 2 is 1.76 bits per heavy atom. The molecule has 0 aliphatic heterocycles. The Bertz CT molecular complexity index is 1340. The van der Waals surface area contributed by atoms with E-state index in [0.29, 0.717) is 17.8 Å². The zero-order valence-corrected chi connectivity index (χ0v) is 20.3. The third-order valence-electron chi connectivity index (χ3n) is 6.29. The lowest BCUT2D eigenvalue weighted by molar-refractivity contribution is 0.0787. The van der Waals surface area contributed by atoms with E-state index in [1.807, 2.05) is 69.0 Å². The van der Waals surface area contributed by atoms with Gasteiger partial charge in [0.25, 0.3) is 5.91 Å². The van der Waals surface area contributed by atoms with Gasteiger partial charge >= 0.3 is 0 Å². The summed E-state index contributed by atoms with van der Waals surface area (Å²) in [5, 5.41) is 5.28. The van der Waals surface area contributed by atoms with Gasteiger partial charge in [0.1, 0.15) is 0 Å². The van der Waals surface area contributed by atoms with Gasteiger partial charge in [0.15, 0.2) is 0 Å². The summed E-state index contributed by atoms with van der Waals surface area (Å²) in [5.41, 5.74) is 8.37. The summed E-state index contributed by atoms with van der Waals surface area (Å²) in [6.07, 6.45) is 2.79. The van der Waals surface area contributed by atoms with Crippen LogP contribution in [-0.2, 0) is 19.5 Å². The highest BCUT2D eigenvalue weighted by Crippen LogP contribution is 2.27. The third-order valence-corrected chi connectivity index (χ3v) is 6.29. The smallest absolute Gasteiger partial charge is 0.254 e.